The van der Waals surface area contributed by atoms with Crippen LogP contribution in [0.15, 0.2) is 84.9 Å². The third-order valence-corrected chi connectivity index (χ3v) is 8.65. The summed E-state index contributed by atoms with van der Waals surface area (Å²) in [5, 5.41) is 2.80. The molecular formula is C32H35NO6S. The van der Waals surface area contributed by atoms with Crippen LogP contribution < -0.4 is 10.1 Å². The van der Waals surface area contributed by atoms with Gasteiger partial charge in [0, 0.05) is 11.0 Å². The number of β-lactam (4-membered cyclic amide) rings is 1. The Kier molecular flexibility index (Phi) is 8.21. The maximum absolute atomic E-state index is 13.2. The minimum atomic E-state index is -0.954. The molecule has 8 heteroatoms. The third-order valence-electron chi connectivity index (χ3n) is 7.20. The van der Waals surface area contributed by atoms with Crippen LogP contribution in [0, 0.1) is 5.41 Å². The fourth-order valence-electron chi connectivity index (χ4n) is 5.04. The highest BCUT2D eigenvalue weighted by atomic mass is 32.2. The molecule has 0 spiro atoms. The summed E-state index contributed by atoms with van der Waals surface area (Å²) in [7, 11) is 0. The Morgan fingerprint density at radius 3 is 2.05 bits per heavy atom. The molecule has 2 saturated heterocycles. The standard InChI is InChI=1S/C32H35NO6S/c1-4-36-27(34)19-37-26-17-15-25(16-18-26)32(24-13-9-6-10-14-24)28(29(35)33-32)40-22-31(23-11-7-5-8-12-23)38-20-30(2,3)21-39-31/h5-18,28H,4,19-22H2,1-3H3,(H,33,35)/t28-,32+/m0/s1. The van der Waals surface area contributed by atoms with Gasteiger partial charge in [-0.25, -0.2) is 4.79 Å². The third kappa shape index (κ3) is 5.61. The highest BCUT2D eigenvalue weighted by Crippen LogP contribution is 2.48. The Bertz CT molecular complexity index is 1300. The van der Waals surface area contributed by atoms with Crippen molar-refractivity contribution in [1.29, 1.82) is 0 Å². The van der Waals surface area contributed by atoms with Gasteiger partial charge in [-0.15, -0.1) is 11.8 Å². The minimum absolute atomic E-state index is 0.0455. The Balaban J connectivity index is 1.42. The van der Waals surface area contributed by atoms with Gasteiger partial charge in [0.2, 0.25) is 11.7 Å². The Morgan fingerprint density at radius 2 is 1.48 bits per heavy atom. The fraction of sp³-hybridized carbons (Fsp3) is 0.375. The molecule has 3 aromatic carbocycles. The number of benzene rings is 3. The monoisotopic (exact) mass is 561 g/mol. The van der Waals surface area contributed by atoms with E-state index in [9.17, 15) is 9.59 Å². The van der Waals surface area contributed by atoms with Gasteiger partial charge >= 0.3 is 5.97 Å². The molecule has 2 fully saturated rings. The molecular weight excluding hydrogens is 526 g/mol. The smallest absolute Gasteiger partial charge is 0.344 e. The lowest BCUT2D eigenvalue weighted by Gasteiger charge is -2.51. The molecule has 3 aromatic rings. The number of esters is 1. The topological polar surface area (TPSA) is 83.1 Å². The molecule has 0 unspecified atom stereocenters. The largest absolute Gasteiger partial charge is 0.482 e. The molecule has 0 radical (unpaired) electrons. The average molecular weight is 562 g/mol. The van der Waals surface area contributed by atoms with E-state index in [2.05, 4.69) is 19.2 Å². The van der Waals surface area contributed by atoms with Crippen molar-refractivity contribution in [2.24, 2.45) is 5.41 Å². The number of amides is 1. The maximum atomic E-state index is 13.2. The summed E-state index contributed by atoms with van der Waals surface area (Å²) in [4.78, 5) is 24.9. The predicted octanol–water partition coefficient (Wildman–Crippen LogP) is 5.03. The maximum Gasteiger partial charge on any atom is 0.344 e. The van der Waals surface area contributed by atoms with Crippen LogP contribution in [0.4, 0.5) is 0 Å². The average Bonchev–Trinajstić information content (AvgIpc) is 2.97. The number of carbonyl (C=O) groups is 2. The Hall–Kier alpha value is -3.33. The second-order valence-electron chi connectivity index (χ2n) is 10.8. The van der Waals surface area contributed by atoms with Crippen LogP contribution >= 0.6 is 11.8 Å². The number of hydrogen-bond donors (Lipinski definition) is 1. The molecule has 2 heterocycles. The summed E-state index contributed by atoms with van der Waals surface area (Å²) in [6, 6.07) is 27.4. The summed E-state index contributed by atoms with van der Waals surface area (Å²) in [6.45, 7) is 7.24. The van der Waals surface area contributed by atoms with Crippen molar-refractivity contribution in [3.05, 3.63) is 102 Å². The van der Waals surface area contributed by atoms with E-state index in [1.54, 1.807) is 6.92 Å². The molecule has 1 N–H and O–H groups in total. The molecule has 2 aliphatic heterocycles. The fourth-order valence-corrected chi connectivity index (χ4v) is 6.56. The van der Waals surface area contributed by atoms with E-state index in [0.717, 1.165) is 16.7 Å². The van der Waals surface area contributed by atoms with Gasteiger partial charge in [-0.2, -0.15) is 0 Å². The van der Waals surface area contributed by atoms with Crippen molar-refractivity contribution < 1.29 is 28.5 Å². The number of carbonyl (C=O) groups excluding carboxylic acids is 2. The SMILES string of the molecule is CCOC(=O)COc1ccc([C@@]2(c3ccccc3)NC(=O)[C@@H]2SCC2(c3ccccc3)OCC(C)(C)CO2)cc1. The molecule has 0 aliphatic carbocycles. The predicted molar refractivity (Wildman–Crippen MR) is 154 cm³/mol. The second-order valence-corrected chi connectivity index (χ2v) is 11.9. The first-order chi connectivity index (χ1) is 19.3. The number of thioether (sulfide) groups is 1. The number of hydrogen-bond acceptors (Lipinski definition) is 7. The highest BCUT2D eigenvalue weighted by molar-refractivity contribution is 8.00. The Morgan fingerprint density at radius 1 is 0.900 bits per heavy atom. The van der Waals surface area contributed by atoms with Crippen molar-refractivity contribution >= 4 is 23.6 Å². The molecule has 0 bridgehead atoms. The molecule has 2 atom stereocenters. The van der Waals surface area contributed by atoms with Gasteiger partial charge in [-0.1, -0.05) is 86.6 Å². The molecule has 0 saturated carbocycles. The first kappa shape index (κ1) is 28.2. The van der Waals surface area contributed by atoms with E-state index in [0.29, 0.717) is 31.3 Å². The second kappa shape index (κ2) is 11.6. The number of ether oxygens (including phenoxy) is 4. The van der Waals surface area contributed by atoms with E-state index in [-0.39, 0.29) is 17.9 Å². The molecule has 5 rings (SSSR count). The highest BCUT2D eigenvalue weighted by Gasteiger charge is 2.57. The van der Waals surface area contributed by atoms with Gasteiger partial charge in [0.15, 0.2) is 6.61 Å². The quantitative estimate of drug-likeness (QED) is 0.275. The van der Waals surface area contributed by atoms with E-state index >= 15 is 0 Å². The van der Waals surface area contributed by atoms with E-state index in [1.165, 1.54) is 11.8 Å². The van der Waals surface area contributed by atoms with Crippen molar-refractivity contribution in [1.82, 2.24) is 5.32 Å². The van der Waals surface area contributed by atoms with Gasteiger partial charge in [0.25, 0.3) is 0 Å². The van der Waals surface area contributed by atoms with Crippen LogP contribution in [0.3, 0.4) is 0 Å². The molecule has 40 heavy (non-hydrogen) atoms. The van der Waals surface area contributed by atoms with Crippen molar-refractivity contribution in [2.75, 3.05) is 32.2 Å². The van der Waals surface area contributed by atoms with Crippen LogP contribution in [0.5, 0.6) is 5.75 Å². The first-order valence-corrected chi connectivity index (χ1v) is 14.5. The summed E-state index contributed by atoms with van der Waals surface area (Å²) >= 11 is 1.54. The number of rotatable bonds is 10. The normalized spacial score (nSPS) is 23.0. The number of nitrogens with one attached hydrogen (secondary N) is 1. The lowest BCUT2D eigenvalue weighted by Crippen LogP contribution is -2.69. The van der Waals surface area contributed by atoms with Gasteiger partial charge in [-0.3, -0.25) is 4.79 Å². The lowest BCUT2D eigenvalue weighted by molar-refractivity contribution is -0.295. The zero-order valence-electron chi connectivity index (χ0n) is 23.1. The van der Waals surface area contributed by atoms with Crippen LogP contribution in [-0.2, 0) is 35.1 Å². The van der Waals surface area contributed by atoms with E-state index in [1.807, 2.05) is 84.9 Å². The zero-order chi connectivity index (χ0) is 28.2. The van der Waals surface area contributed by atoms with Gasteiger partial charge in [0.1, 0.15) is 16.5 Å². The van der Waals surface area contributed by atoms with Crippen LogP contribution in [0.25, 0.3) is 0 Å². The first-order valence-electron chi connectivity index (χ1n) is 13.5. The Labute approximate surface area is 239 Å². The van der Waals surface area contributed by atoms with Crippen LogP contribution in [0.2, 0.25) is 0 Å². The van der Waals surface area contributed by atoms with Crippen molar-refractivity contribution in [3.63, 3.8) is 0 Å². The van der Waals surface area contributed by atoms with Crippen molar-refractivity contribution in [2.45, 2.75) is 37.3 Å². The summed E-state index contributed by atoms with van der Waals surface area (Å²) in [5.74, 6) is -0.427. The summed E-state index contributed by atoms with van der Waals surface area (Å²) in [5.41, 5.74) is 1.98. The van der Waals surface area contributed by atoms with Gasteiger partial charge in [-0.05, 0) is 30.2 Å². The minimum Gasteiger partial charge on any atom is -0.482 e. The van der Waals surface area contributed by atoms with E-state index < -0.39 is 22.5 Å². The molecule has 1 amide bonds. The van der Waals surface area contributed by atoms with Crippen LogP contribution in [0.1, 0.15) is 37.5 Å². The molecule has 0 aromatic heterocycles. The van der Waals surface area contributed by atoms with Gasteiger partial charge < -0.3 is 24.3 Å². The summed E-state index contributed by atoms with van der Waals surface area (Å²) < 4.78 is 23.4. The molecule has 7 nitrogen and oxygen atoms in total. The molecule has 2 aliphatic rings. The van der Waals surface area contributed by atoms with Crippen LogP contribution in [-0.4, -0.2) is 49.3 Å². The van der Waals surface area contributed by atoms with Crippen molar-refractivity contribution in [3.8, 4) is 5.75 Å². The van der Waals surface area contributed by atoms with E-state index in [4.69, 9.17) is 18.9 Å². The molecule has 210 valence electrons. The zero-order valence-corrected chi connectivity index (χ0v) is 23.9. The lowest BCUT2D eigenvalue weighted by atomic mass is 9.74. The summed E-state index contributed by atoms with van der Waals surface area (Å²) in [6.07, 6.45) is 0. The van der Waals surface area contributed by atoms with Gasteiger partial charge in [0.05, 0.1) is 25.6 Å².